The van der Waals surface area contributed by atoms with Gasteiger partial charge in [0.1, 0.15) is 12.4 Å². The maximum Gasteiger partial charge on any atom is 0.250 e. The van der Waals surface area contributed by atoms with Crippen LogP contribution >= 0.6 is 0 Å². The molecule has 0 aromatic heterocycles. The van der Waals surface area contributed by atoms with Crippen LogP contribution in [0.1, 0.15) is 32.6 Å². The number of carbonyl (C=O) groups excluding carboxylic acids is 1. The highest BCUT2D eigenvalue weighted by Gasteiger charge is 2.06. The number of methoxy groups -OCH3 is 1. The monoisotopic (exact) mass is 280 g/mol. The van der Waals surface area contributed by atoms with Crippen molar-refractivity contribution in [2.75, 3.05) is 31.4 Å². The van der Waals surface area contributed by atoms with Gasteiger partial charge in [-0.05, 0) is 18.6 Å². The number of hydrogen-bond donors (Lipinski definition) is 2. The number of unbranched alkanes of at least 4 members (excludes halogenated alkanes) is 3. The number of nitrogens with two attached hydrogens (primary N) is 1. The van der Waals surface area contributed by atoms with Gasteiger partial charge in [0.25, 0.3) is 0 Å². The number of benzene rings is 1. The number of nitrogens with one attached hydrogen (secondary N) is 1. The van der Waals surface area contributed by atoms with Crippen molar-refractivity contribution in [1.82, 2.24) is 0 Å². The van der Waals surface area contributed by atoms with E-state index in [4.69, 9.17) is 15.2 Å². The van der Waals surface area contributed by atoms with Gasteiger partial charge in [-0.1, -0.05) is 26.2 Å². The molecule has 0 heterocycles. The van der Waals surface area contributed by atoms with Crippen LogP contribution in [0.15, 0.2) is 18.2 Å². The fourth-order valence-electron chi connectivity index (χ4n) is 1.76. The molecule has 0 unspecified atom stereocenters. The van der Waals surface area contributed by atoms with Crippen molar-refractivity contribution in [2.45, 2.75) is 32.6 Å². The minimum absolute atomic E-state index is 0.0532. The first-order valence-corrected chi connectivity index (χ1v) is 6.98. The number of ether oxygens (including phenoxy) is 2. The second-order valence-corrected chi connectivity index (χ2v) is 4.61. The van der Waals surface area contributed by atoms with Crippen molar-refractivity contribution in [3.05, 3.63) is 18.2 Å². The van der Waals surface area contributed by atoms with Gasteiger partial charge in [-0.25, -0.2) is 0 Å². The number of hydrogen-bond acceptors (Lipinski definition) is 4. The highest BCUT2D eigenvalue weighted by molar-refractivity contribution is 5.94. The maximum atomic E-state index is 11.7. The van der Waals surface area contributed by atoms with Crippen molar-refractivity contribution in [1.29, 1.82) is 0 Å². The Balaban J connectivity index is 2.28. The Labute approximate surface area is 120 Å². The third-order valence-corrected chi connectivity index (χ3v) is 2.91. The summed E-state index contributed by atoms with van der Waals surface area (Å²) < 4.78 is 10.4. The quantitative estimate of drug-likeness (QED) is 0.539. The zero-order valence-electron chi connectivity index (χ0n) is 12.3. The molecule has 1 rings (SSSR count). The highest BCUT2D eigenvalue weighted by Crippen LogP contribution is 2.23. The molecule has 0 bridgehead atoms. The molecular formula is C15H24N2O3. The molecule has 1 amide bonds. The molecule has 1 aromatic carbocycles. The molecule has 0 aliphatic rings. The summed E-state index contributed by atoms with van der Waals surface area (Å²) in [4.78, 5) is 11.7. The summed E-state index contributed by atoms with van der Waals surface area (Å²) in [5.41, 5.74) is 6.87. The van der Waals surface area contributed by atoms with Gasteiger partial charge < -0.3 is 20.5 Å². The van der Waals surface area contributed by atoms with Crippen molar-refractivity contribution in [3.8, 4) is 5.75 Å². The van der Waals surface area contributed by atoms with E-state index in [2.05, 4.69) is 12.2 Å². The van der Waals surface area contributed by atoms with Gasteiger partial charge in [-0.15, -0.1) is 0 Å². The van der Waals surface area contributed by atoms with Crippen molar-refractivity contribution < 1.29 is 14.3 Å². The van der Waals surface area contributed by atoms with Crippen LogP contribution in [-0.2, 0) is 9.53 Å². The van der Waals surface area contributed by atoms with E-state index in [9.17, 15) is 4.79 Å². The number of rotatable bonds is 9. The lowest BCUT2D eigenvalue weighted by Crippen LogP contribution is -2.19. The fraction of sp³-hybridized carbons (Fsp3) is 0.533. The lowest BCUT2D eigenvalue weighted by molar-refractivity contribution is -0.120. The first-order valence-electron chi connectivity index (χ1n) is 6.98. The Hall–Kier alpha value is -1.75. The minimum atomic E-state index is -0.197. The van der Waals surface area contributed by atoms with E-state index < -0.39 is 0 Å². The molecule has 0 radical (unpaired) electrons. The first-order chi connectivity index (χ1) is 9.67. The normalized spacial score (nSPS) is 10.3. The molecule has 0 aliphatic carbocycles. The van der Waals surface area contributed by atoms with Gasteiger partial charge in [0, 0.05) is 12.7 Å². The summed E-state index contributed by atoms with van der Waals surface area (Å²) in [5.74, 6) is 0.463. The van der Waals surface area contributed by atoms with Crippen molar-refractivity contribution in [2.24, 2.45) is 0 Å². The molecule has 0 atom stereocenters. The molecule has 5 nitrogen and oxygen atoms in total. The molecule has 112 valence electrons. The Morgan fingerprint density at radius 2 is 2.10 bits per heavy atom. The summed E-state index contributed by atoms with van der Waals surface area (Å²) in [6.07, 6.45) is 4.53. The van der Waals surface area contributed by atoms with E-state index in [0.29, 0.717) is 23.7 Å². The Kier molecular flexibility index (Phi) is 7.50. The van der Waals surface area contributed by atoms with Crippen molar-refractivity contribution in [3.63, 3.8) is 0 Å². The lowest BCUT2D eigenvalue weighted by atomic mass is 10.2. The molecule has 0 aliphatic heterocycles. The number of anilines is 2. The van der Waals surface area contributed by atoms with Gasteiger partial charge in [0.05, 0.1) is 18.5 Å². The predicted molar refractivity (Wildman–Crippen MR) is 81.0 cm³/mol. The summed E-state index contributed by atoms with van der Waals surface area (Å²) in [5, 5.41) is 2.72. The number of amides is 1. The smallest absolute Gasteiger partial charge is 0.250 e. The van der Waals surface area contributed by atoms with E-state index in [-0.39, 0.29) is 12.5 Å². The Morgan fingerprint density at radius 1 is 1.30 bits per heavy atom. The Morgan fingerprint density at radius 3 is 2.75 bits per heavy atom. The first kappa shape index (κ1) is 16.3. The van der Waals surface area contributed by atoms with Crippen LogP contribution in [0, 0.1) is 0 Å². The molecular weight excluding hydrogens is 256 g/mol. The molecule has 1 aromatic rings. The predicted octanol–water partition coefficient (Wildman–Crippen LogP) is 2.81. The van der Waals surface area contributed by atoms with Crippen LogP contribution < -0.4 is 15.8 Å². The standard InChI is InChI=1S/C15H24N2O3/c1-3-4-5-6-9-20-11-15(18)17-14-8-7-12(19-2)10-13(14)16/h7-8,10H,3-6,9,11,16H2,1-2H3,(H,17,18). The third-order valence-electron chi connectivity index (χ3n) is 2.91. The van der Waals surface area contributed by atoms with E-state index in [1.807, 2.05) is 0 Å². The van der Waals surface area contributed by atoms with E-state index in [1.54, 1.807) is 25.3 Å². The van der Waals surface area contributed by atoms with Gasteiger partial charge in [0.2, 0.25) is 5.91 Å². The number of nitrogen functional groups attached to an aromatic ring is 1. The third kappa shape index (κ3) is 5.93. The van der Waals surface area contributed by atoms with Crippen LogP contribution in [0.5, 0.6) is 5.75 Å². The zero-order valence-corrected chi connectivity index (χ0v) is 12.3. The molecule has 0 spiro atoms. The molecule has 20 heavy (non-hydrogen) atoms. The van der Waals surface area contributed by atoms with Crippen LogP contribution in [0.2, 0.25) is 0 Å². The fourth-order valence-corrected chi connectivity index (χ4v) is 1.76. The van der Waals surface area contributed by atoms with Crippen LogP contribution in [-0.4, -0.2) is 26.2 Å². The van der Waals surface area contributed by atoms with E-state index in [1.165, 1.54) is 12.8 Å². The molecule has 0 saturated heterocycles. The van der Waals surface area contributed by atoms with Gasteiger partial charge in [-0.3, -0.25) is 4.79 Å². The van der Waals surface area contributed by atoms with Crippen LogP contribution in [0.3, 0.4) is 0 Å². The molecule has 0 fully saturated rings. The summed E-state index contributed by atoms with van der Waals surface area (Å²) >= 11 is 0. The number of carbonyl (C=O) groups is 1. The maximum absolute atomic E-state index is 11.7. The highest BCUT2D eigenvalue weighted by atomic mass is 16.5. The van der Waals surface area contributed by atoms with E-state index >= 15 is 0 Å². The van der Waals surface area contributed by atoms with Gasteiger partial charge in [0.15, 0.2) is 0 Å². The van der Waals surface area contributed by atoms with Crippen LogP contribution in [0.4, 0.5) is 11.4 Å². The molecule has 0 saturated carbocycles. The average molecular weight is 280 g/mol. The average Bonchev–Trinajstić information content (AvgIpc) is 2.45. The lowest BCUT2D eigenvalue weighted by Gasteiger charge is -2.10. The second-order valence-electron chi connectivity index (χ2n) is 4.61. The zero-order chi connectivity index (χ0) is 14.8. The second kappa shape index (κ2) is 9.20. The molecule has 5 heteroatoms. The van der Waals surface area contributed by atoms with Gasteiger partial charge in [-0.2, -0.15) is 0 Å². The van der Waals surface area contributed by atoms with E-state index in [0.717, 1.165) is 12.8 Å². The van der Waals surface area contributed by atoms with Gasteiger partial charge >= 0.3 is 0 Å². The summed E-state index contributed by atoms with van der Waals surface area (Å²) in [6.45, 7) is 2.83. The SMILES string of the molecule is CCCCCCOCC(=O)Nc1ccc(OC)cc1N. The largest absolute Gasteiger partial charge is 0.497 e. The Bertz CT molecular complexity index is 422. The van der Waals surface area contributed by atoms with Crippen molar-refractivity contribution >= 4 is 17.3 Å². The summed E-state index contributed by atoms with van der Waals surface area (Å²) in [7, 11) is 1.57. The summed E-state index contributed by atoms with van der Waals surface area (Å²) in [6, 6.07) is 5.13. The van der Waals surface area contributed by atoms with Crippen LogP contribution in [0.25, 0.3) is 0 Å². The molecule has 3 N–H and O–H groups in total. The minimum Gasteiger partial charge on any atom is -0.497 e. The topological polar surface area (TPSA) is 73.6 Å².